The molecular formula is C12H20N2O2S2. The molecule has 1 saturated heterocycles. The zero-order valence-corrected chi connectivity index (χ0v) is 12.4. The quantitative estimate of drug-likeness (QED) is 0.923. The number of hydrogen-bond donors (Lipinski definition) is 1. The van der Waals surface area contributed by atoms with Gasteiger partial charge in [-0.1, -0.05) is 13.8 Å². The summed E-state index contributed by atoms with van der Waals surface area (Å²) in [5.74, 6) is 1.02. The second-order valence-corrected chi connectivity index (χ2v) is 8.16. The van der Waals surface area contributed by atoms with Crippen molar-refractivity contribution in [3.63, 3.8) is 0 Å². The van der Waals surface area contributed by atoms with E-state index in [1.165, 1.54) is 11.3 Å². The number of hydrogen-bond acceptors (Lipinski definition) is 4. The molecule has 4 nitrogen and oxygen atoms in total. The van der Waals surface area contributed by atoms with E-state index >= 15 is 0 Å². The predicted octanol–water partition coefficient (Wildman–Crippen LogP) is 1.87. The first-order valence-corrected chi connectivity index (χ1v) is 8.54. The molecule has 6 heteroatoms. The Morgan fingerprint density at radius 1 is 1.44 bits per heavy atom. The lowest BCUT2D eigenvalue weighted by atomic mass is 9.90. The lowest BCUT2D eigenvalue weighted by Crippen LogP contribution is -2.41. The third-order valence-corrected chi connectivity index (χ3v) is 7.09. The smallest absolute Gasteiger partial charge is 0.252 e. The zero-order valence-electron chi connectivity index (χ0n) is 10.8. The highest BCUT2D eigenvalue weighted by atomic mass is 32.2. The van der Waals surface area contributed by atoms with E-state index in [4.69, 9.17) is 5.73 Å². The van der Waals surface area contributed by atoms with Crippen LogP contribution in [0, 0.1) is 11.8 Å². The molecule has 18 heavy (non-hydrogen) atoms. The Balaban J connectivity index is 2.21. The van der Waals surface area contributed by atoms with Gasteiger partial charge in [-0.15, -0.1) is 11.3 Å². The second kappa shape index (κ2) is 5.28. The van der Waals surface area contributed by atoms with Gasteiger partial charge in [0.15, 0.2) is 0 Å². The number of sulfonamides is 1. The molecule has 1 fully saturated rings. The van der Waals surface area contributed by atoms with Crippen LogP contribution in [0.4, 0.5) is 0 Å². The highest BCUT2D eigenvalue weighted by Gasteiger charge is 2.32. The fourth-order valence-corrected chi connectivity index (χ4v) is 5.10. The minimum Gasteiger partial charge on any atom is -0.326 e. The molecule has 2 rings (SSSR count). The van der Waals surface area contributed by atoms with Crippen molar-refractivity contribution < 1.29 is 8.42 Å². The van der Waals surface area contributed by atoms with Gasteiger partial charge in [0.05, 0.1) is 0 Å². The SMILES string of the molecule is CC1CCN(S(=O)(=O)c2cc(CN)cs2)CC1C. The molecule has 0 spiro atoms. The van der Waals surface area contributed by atoms with Gasteiger partial charge in [-0.05, 0) is 35.3 Å². The largest absolute Gasteiger partial charge is 0.326 e. The van der Waals surface area contributed by atoms with E-state index in [9.17, 15) is 8.42 Å². The number of rotatable bonds is 3. The summed E-state index contributed by atoms with van der Waals surface area (Å²) >= 11 is 1.27. The van der Waals surface area contributed by atoms with Crippen LogP contribution in [0.2, 0.25) is 0 Å². The first-order valence-electron chi connectivity index (χ1n) is 6.22. The Labute approximate surface area is 113 Å². The van der Waals surface area contributed by atoms with Gasteiger partial charge in [-0.25, -0.2) is 8.42 Å². The van der Waals surface area contributed by atoms with Gasteiger partial charge in [0, 0.05) is 19.6 Å². The average molecular weight is 288 g/mol. The third kappa shape index (κ3) is 2.61. The molecule has 102 valence electrons. The molecule has 1 aromatic rings. The van der Waals surface area contributed by atoms with Gasteiger partial charge < -0.3 is 5.73 Å². The fraction of sp³-hybridized carbons (Fsp3) is 0.667. The van der Waals surface area contributed by atoms with Crippen LogP contribution < -0.4 is 5.73 Å². The minimum atomic E-state index is -3.31. The summed E-state index contributed by atoms with van der Waals surface area (Å²) in [6.45, 7) is 5.95. The van der Waals surface area contributed by atoms with Crippen LogP contribution in [0.3, 0.4) is 0 Å². The highest BCUT2D eigenvalue weighted by Crippen LogP contribution is 2.29. The number of nitrogens with two attached hydrogens (primary N) is 1. The van der Waals surface area contributed by atoms with Crippen molar-refractivity contribution in [1.29, 1.82) is 0 Å². The maximum absolute atomic E-state index is 12.5. The van der Waals surface area contributed by atoms with Crippen molar-refractivity contribution in [3.8, 4) is 0 Å². The molecule has 0 saturated carbocycles. The van der Waals surface area contributed by atoms with Crippen LogP contribution in [-0.4, -0.2) is 25.8 Å². The van der Waals surface area contributed by atoms with Gasteiger partial charge in [0.25, 0.3) is 10.0 Å². The maximum Gasteiger partial charge on any atom is 0.252 e. The van der Waals surface area contributed by atoms with Crippen molar-refractivity contribution in [3.05, 3.63) is 17.0 Å². The molecule has 0 aromatic carbocycles. The molecule has 0 aliphatic carbocycles. The van der Waals surface area contributed by atoms with Crippen LogP contribution >= 0.6 is 11.3 Å². The number of thiophene rings is 1. The van der Waals surface area contributed by atoms with Crippen molar-refractivity contribution >= 4 is 21.4 Å². The normalized spacial score (nSPS) is 26.4. The molecular weight excluding hydrogens is 268 g/mol. The molecule has 1 aromatic heterocycles. The first-order chi connectivity index (χ1) is 8.45. The average Bonchev–Trinajstić information content (AvgIpc) is 2.81. The first kappa shape index (κ1) is 14.0. The van der Waals surface area contributed by atoms with Gasteiger partial charge in [-0.3, -0.25) is 0 Å². The predicted molar refractivity (Wildman–Crippen MR) is 73.9 cm³/mol. The van der Waals surface area contributed by atoms with E-state index in [0.29, 0.717) is 35.7 Å². The van der Waals surface area contributed by atoms with Crippen LogP contribution in [0.25, 0.3) is 0 Å². The fourth-order valence-electron chi connectivity index (χ4n) is 2.17. The molecule has 2 atom stereocenters. The standard InChI is InChI=1S/C12H20N2O2S2/c1-9-3-4-14(7-10(9)2)18(15,16)12-5-11(6-13)8-17-12/h5,8-10H,3-4,6-7,13H2,1-2H3. The van der Waals surface area contributed by atoms with E-state index in [2.05, 4.69) is 13.8 Å². The van der Waals surface area contributed by atoms with Gasteiger partial charge in [0.2, 0.25) is 0 Å². The second-order valence-electron chi connectivity index (χ2n) is 5.08. The molecule has 1 aliphatic rings. The summed E-state index contributed by atoms with van der Waals surface area (Å²) in [7, 11) is -3.31. The Morgan fingerprint density at radius 3 is 2.72 bits per heavy atom. The maximum atomic E-state index is 12.5. The van der Waals surface area contributed by atoms with Gasteiger partial charge >= 0.3 is 0 Å². The molecule has 2 unspecified atom stereocenters. The molecule has 2 heterocycles. The lowest BCUT2D eigenvalue weighted by Gasteiger charge is -2.34. The van der Waals surface area contributed by atoms with Crippen LogP contribution in [0.5, 0.6) is 0 Å². The van der Waals surface area contributed by atoms with Crippen molar-refractivity contribution in [2.45, 2.75) is 31.0 Å². The van der Waals surface area contributed by atoms with Gasteiger partial charge in [0.1, 0.15) is 4.21 Å². The van der Waals surface area contributed by atoms with Crippen LogP contribution in [0.1, 0.15) is 25.8 Å². The van der Waals surface area contributed by atoms with Crippen molar-refractivity contribution in [1.82, 2.24) is 4.31 Å². The minimum absolute atomic E-state index is 0.388. The molecule has 2 N–H and O–H groups in total. The summed E-state index contributed by atoms with van der Waals surface area (Å²) in [4.78, 5) is 0. The van der Waals surface area contributed by atoms with Gasteiger partial charge in [-0.2, -0.15) is 4.31 Å². The van der Waals surface area contributed by atoms with E-state index in [0.717, 1.165) is 12.0 Å². The highest BCUT2D eigenvalue weighted by molar-refractivity contribution is 7.91. The van der Waals surface area contributed by atoms with Crippen molar-refractivity contribution in [2.75, 3.05) is 13.1 Å². The number of nitrogens with zero attached hydrogens (tertiary/aromatic N) is 1. The number of piperidine rings is 1. The van der Waals surface area contributed by atoms with Crippen LogP contribution in [0.15, 0.2) is 15.7 Å². The molecule has 0 bridgehead atoms. The monoisotopic (exact) mass is 288 g/mol. The van der Waals surface area contributed by atoms with E-state index < -0.39 is 10.0 Å². The summed E-state index contributed by atoms with van der Waals surface area (Å²) in [6.07, 6.45) is 0.940. The molecule has 0 radical (unpaired) electrons. The Hall–Kier alpha value is -0.430. The summed E-state index contributed by atoms with van der Waals surface area (Å²) < 4.78 is 27.0. The Morgan fingerprint density at radius 2 is 2.17 bits per heavy atom. The van der Waals surface area contributed by atoms with E-state index in [-0.39, 0.29) is 0 Å². The topological polar surface area (TPSA) is 63.4 Å². The molecule has 1 aliphatic heterocycles. The summed E-state index contributed by atoms with van der Waals surface area (Å²) in [6, 6.07) is 1.70. The third-order valence-electron chi connectivity index (χ3n) is 3.76. The van der Waals surface area contributed by atoms with E-state index in [1.54, 1.807) is 10.4 Å². The zero-order chi connectivity index (χ0) is 13.3. The van der Waals surface area contributed by atoms with Crippen molar-refractivity contribution in [2.24, 2.45) is 17.6 Å². The molecule has 0 amide bonds. The Kier molecular flexibility index (Phi) is 4.11. The Bertz CT molecular complexity index is 510. The van der Waals surface area contributed by atoms with Crippen LogP contribution in [-0.2, 0) is 16.6 Å². The summed E-state index contributed by atoms with van der Waals surface area (Å²) in [5, 5.41) is 1.82. The summed E-state index contributed by atoms with van der Waals surface area (Å²) in [5.41, 5.74) is 6.41. The lowest BCUT2D eigenvalue weighted by molar-refractivity contribution is 0.213. The van der Waals surface area contributed by atoms with E-state index in [1.807, 2.05) is 5.38 Å².